The van der Waals surface area contributed by atoms with Gasteiger partial charge in [-0.1, -0.05) is 13.0 Å². The molecule has 0 bridgehead atoms. The lowest BCUT2D eigenvalue weighted by molar-refractivity contribution is 0.169. The molecule has 2 nitrogen and oxygen atoms in total. The molecule has 0 saturated heterocycles. The molecule has 0 radical (unpaired) electrons. The summed E-state index contributed by atoms with van der Waals surface area (Å²) in [6.45, 7) is 3.54. The summed E-state index contributed by atoms with van der Waals surface area (Å²) in [6.07, 6.45) is 0. The number of hydrogen-bond acceptors (Lipinski definition) is 2. The van der Waals surface area contributed by atoms with Crippen molar-refractivity contribution < 1.29 is 13.9 Å². The number of benzene rings is 1. The number of nitrogens with one attached hydrogen (secondary N) is 1. The van der Waals surface area contributed by atoms with Crippen LogP contribution in [0.15, 0.2) is 18.2 Å². The SMILES string of the molecule is CCNC(C)(CO)c1c(F)cccc1F. The lowest BCUT2D eigenvalue weighted by Gasteiger charge is -2.29. The van der Waals surface area contributed by atoms with Gasteiger partial charge in [-0.15, -0.1) is 0 Å². The van der Waals surface area contributed by atoms with E-state index in [4.69, 9.17) is 0 Å². The highest BCUT2D eigenvalue weighted by atomic mass is 19.1. The Labute approximate surface area is 87.9 Å². The quantitative estimate of drug-likeness (QED) is 0.802. The smallest absolute Gasteiger partial charge is 0.131 e. The Morgan fingerprint density at radius 3 is 2.27 bits per heavy atom. The maximum Gasteiger partial charge on any atom is 0.131 e. The van der Waals surface area contributed by atoms with Gasteiger partial charge in [-0.3, -0.25) is 0 Å². The fraction of sp³-hybridized carbons (Fsp3) is 0.455. The van der Waals surface area contributed by atoms with Crippen molar-refractivity contribution in [2.45, 2.75) is 19.4 Å². The minimum atomic E-state index is -1.08. The summed E-state index contributed by atoms with van der Waals surface area (Å²) in [4.78, 5) is 0. The van der Waals surface area contributed by atoms with E-state index in [9.17, 15) is 13.9 Å². The molecule has 0 aliphatic rings. The first-order chi connectivity index (χ1) is 7.05. The van der Waals surface area contributed by atoms with Crippen LogP contribution in [0.2, 0.25) is 0 Å². The molecule has 1 unspecified atom stereocenters. The third-order valence-electron chi connectivity index (χ3n) is 2.40. The molecule has 1 aromatic carbocycles. The van der Waals surface area contributed by atoms with E-state index in [1.54, 1.807) is 6.92 Å². The van der Waals surface area contributed by atoms with E-state index in [1.807, 2.05) is 6.92 Å². The van der Waals surface area contributed by atoms with Gasteiger partial charge in [0.25, 0.3) is 0 Å². The third kappa shape index (κ3) is 2.33. The molecule has 0 spiro atoms. The maximum atomic E-state index is 13.5. The topological polar surface area (TPSA) is 32.3 Å². The first-order valence-electron chi connectivity index (χ1n) is 4.85. The second-order valence-electron chi connectivity index (χ2n) is 3.62. The monoisotopic (exact) mass is 215 g/mol. The molecule has 0 aliphatic heterocycles. The van der Waals surface area contributed by atoms with Gasteiger partial charge in [0.15, 0.2) is 0 Å². The van der Waals surface area contributed by atoms with Crippen molar-refractivity contribution >= 4 is 0 Å². The largest absolute Gasteiger partial charge is 0.394 e. The van der Waals surface area contributed by atoms with E-state index in [2.05, 4.69) is 5.32 Å². The Morgan fingerprint density at radius 2 is 1.87 bits per heavy atom. The van der Waals surface area contributed by atoms with Crippen LogP contribution in [-0.2, 0) is 5.54 Å². The number of halogens is 2. The van der Waals surface area contributed by atoms with Crippen LogP contribution in [0.25, 0.3) is 0 Å². The Kier molecular flexibility index (Phi) is 3.77. The summed E-state index contributed by atoms with van der Waals surface area (Å²) < 4.78 is 26.9. The number of hydrogen-bond donors (Lipinski definition) is 2. The molecule has 1 rings (SSSR count). The second-order valence-corrected chi connectivity index (χ2v) is 3.62. The molecule has 0 aromatic heterocycles. The van der Waals surface area contributed by atoms with Crippen molar-refractivity contribution in [3.8, 4) is 0 Å². The predicted molar refractivity (Wildman–Crippen MR) is 54.5 cm³/mol. The van der Waals surface area contributed by atoms with Gasteiger partial charge in [-0.2, -0.15) is 0 Å². The summed E-state index contributed by atoms with van der Waals surface area (Å²) in [7, 11) is 0. The lowest BCUT2D eigenvalue weighted by Crippen LogP contribution is -2.44. The van der Waals surface area contributed by atoms with Crippen LogP contribution in [0, 0.1) is 11.6 Å². The molecule has 0 fully saturated rings. The molecular formula is C11H15F2NO. The molecule has 1 atom stereocenters. The Morgan fingerprint density at radius 1 is 1.33 bits per heavy atom. The number of likely N-dealkylation sites (N-methyl/N-ethyl adjacent to an activating group) is 1. The van der Waals surface area contributed by atoms with Crippen LogP contribution in [0.1, 0.15) is 19.4 Å². The zero-order chi connectivity index (χ0) is 11.5. The lowest BCUT2D eigenvalue weighted by atomic mass is 9.92. The number of aliphatic hydroxyl groups excluding tert-OH is 1. The Balaban J connectivity index is 3.22. The molecule has 84 valence electrons. The highest BCUT2D eigenvalue weighted by molar-refractivity contribution is 5.27. The summed E-state index contributed by atoms with van der Waals surface area (Å²) in [6, 6.07) is 3.67. The van der Waals surface area contributed by atoms with Gasteiger partial charge in [0.05, 0.1) is 12.1 Å². The molecule has 15 heavy (non-hydrogen) atoms. The van der Waals surface area contributed by atoms with E-state index in [0.29, 0.717) is 6.54 Å². The van der Waals surface area contributed by atoms with Crippen LogP contribution in [0.4, 0.5) is 8.78 Å². The molecular weight excluding hydrogens is 200 g/mol. The third-order valence-corrected chi connectivity index (χ3v) is 2.40. The predicted octanol–water partition coefficient (Wildman–Crippen LogP) is 1.78. The van der Waals surface area contributed by atoms with Gasteiger partial charge < -0.3 is 10.4 Å². The summed E-state index contributed by atoms with van der Waals surface area (Å²) in [5.41, 5.74) is -1.20. The minimum absolute atomic E-state index is 0.116. The average molecular weight is 215 g/mol. The van der Waals surface area contributed by atoms with E-state index < -0.39 is 17.2 Å². The van der Waals surface area contributed by atoms with Crippen molar-refractivity contribution in [3.63, 3.8) is 0 Å². The normalized spacial score (nSPS) is 15.0. The zero-order valence-electron chi connectivity index (χ0n) is 8.85. The summed E-state index contributed by atoms with van der Waals surface area (Å²) >= 11 is 0. The van der Waals surface area contributed by atoms with Crippen LogP contribution in [0.3, 0.4) is 0 Å². The van der Waals surface area contributed by atoms with Gasteiger partial charge in [0, 0.05) is 5.56 Å². The summed E-state index contributed by atoms with van der Waals surface area (Å²) in [5.74, 6) is -1.29. The molecule has 0 heterocycles. The zero-order valence-corrected chi connectivity index (χ0v) is 8.85. The van der Waals surface area contributed by atoms with Crippen molar-refractivity contribution in [3.05, 3.63) is 35.4 Å². The average Bonchev–Trinajstić information content (AvgIpc) is 2.18. The molecule has 0 saturated carbocycles. The molecule has 4 heteroatoms. The van der Waals surface area contributed by atoms with Crippen LogP contribution in [-0.4, -0.2) is 18.3 Å². The first-order valence-corrected chi connectivity index (χ1v) is 4.85. The number of aliphatic hydroxyl groups is 1. The van der Waals surface area contributed by atoms with Gasteiger partial charge >= 0.3 is 0 Å². The Hall–Kier alpha value is -1.00. The standard InChI is InChI=1S/C11H15F2NO/c1-3-14-11(2,7-15)10-8(12)5-4-6-9(10)13/h4-6,14-15H,3,7H2,1-2H3. The maximum absolute atomic E-state index is 13.5. The van der Waals surface area contributed by atoms with Crippen molar-refractivity contribution in [1.82, 2.24) is 5.32 Å². The van der Waals surface area contributed by atoms with Gasteiger partial charge in [0.2, 0.25) is 0 Å². The van der Waals surface area contributed by atoms with Gasteiger partial charge in [0.1, 0.15) is 11.6 Å². The van der Waals surface area contributed by atoms with Gasteiger partial charge in [-0.05, 0) is 25.6 Å². The molecule has 0 amide bonds. The van der Waals surface area contributed by atoms with Crippen molar-refractivity contribution in [2.24, 2.45) is 0 Å². The number of rotatable bonds is 4. The second kappa shape index (κ2) is 4.68. The van der Waals surface area contributed by atoms with Crippen molar-refractivity contribution in [1.29, 1.82) is 0 Å². The van der Waals surface area contributed by atoms with E-state index in [1.165, 1.54) is 18.2 Å². The first kappa shape index (κ1) is 12.1. The fourth-order valence-corrected chi connectivity index (χ4v) is 1.64. The fourth-order valence-electron chi connectivity index (χ4n) is 1.64. The van der Waals surface area contributed by atoms with E-state index >= 15 is 0 Å². The summed E-state index contributed by atoms with van der Waals surface area (Å²) in [5, 5.41) is 12.1. The molecule has 2 N–H and O–H groups in total. The highest BCUT2D eigenvalue weighted by Gasteiger charge is 2.30. The van der Waals surface area contributed by atoms with Crippen molar-refractivity contribution in [2.75, 3.05) is 13.2 Å². The van der Waals surface area contributed by atoms with Gasteiger partial charge in [-0.25, -0.2) is 8.78 Å². The molecule has 1 aromatic rings. The van der Waals surface area contributed by atoms with E-state index in [-0.39, 0.29) is 12.2 Å². The Bertz CT molecular complexity index is 323. The van der Waals surface area contributed by atoms with Crippen LogP contribution >= 0.6 is 0 Å². The van der Waals surface area contributed by atoms with E-state index in [0.717, 1.165) is 0 Å². The van der Waals surface area contributed by atoms with Crippen LogP contribution in [0.5, 0.6) is 0 Å². The molecule has 0 aliphatic carbocycles. The van der Waals surface area contributed by atoms with Crippen LogP contribution < -0.4 is 5.32 Å². The highest BCUT2D eigenvalue weighted by Crippen LogP contribution is 2.25. The minimum Gasteiger partial charge on any atom is -0.394 e.